The van der Waals surface area contributed by atoms with Gasteiger partial charge < -0.3 is 10.2 Å². The number of nitrogens with one attached hydrogen (secondary N) is 1. The molecule has 1 N–H and O–H groups in total. The van der Waals surface area contributed by atoms with Gasteiger partial charge in [-0.2, -0.15) is 0 Å². The first kappa shape index (κ1) is 20.0. The van der Waals surface area contributed by atoms with Gasteiger partial charge in [0.05, 0.1) is 5.52 Å². The molecule has 6 heteroatoms. The molecule has 1 aliphatic heterocycles. The SMILES string of the molecule is Cl.Cl.O=C(c1ccc2ncccc2c1)N1CCC(NCC2CC2)CC1. The second kappa shape index (κ2) is 8.84. The molecule has 4 nitrogen and oxygen atoms in total. The Bertz CT molecular complexity index is 713. The predicted octanol–water partition coefficient (Wildman–Crippen LogP) is 3.68. The molecular formula is C19H25Cl2N3O. The van der Waals surface area contributed by atoms with Crippen LogP contribution in [0.15, 0.2) is 36.5 Å². The van der Waals surface area contributed by atoms with Gasteiger partial charge >= 0.3 is 0 Å². The van der Waals surface area contributed by atoms with E-state index in [1.54, 1.807) is 6.20 Å². The van der Waals surface area contributed by atoms with E-state index in [0.29, 0.717) is 6.04 Å². The average Bonchev–Trinajstić information content (AvgIpc) is 3.44. The molecule has 1 amide bonds. The van der Waals surface area contributed by atoms with Gasteiger partial charge in [-0.1, -0.05) is 6.07 Å². The van der Waals surface area contributed by atoms with Crippen LogP contribution in [-0.2, 0) is 0 Å². The van der Waals surface area contributed by atoms with Crippen LogP contribution in [0.3, 0.4) is 0 Å². The molecule has 1 aromatic heterocycles. The molecule has 0 unspecified atom stereocenters. The summed E-state index contributed by atoms with van der Waals surface area (Å²) >= 11 is 0. The zero-order valence-corrected chi connectivity index (χ0v) is 15.8. The minimum absolute atomic E-state index is 0. The molecule has 2 fully saturated rings. The number of fused-ring (bicyclic) bond motifs is 1. The topological polar surface area (TPSA) is 45.2 Å². The molecule has 2 aromatic rings. The van der Waals surface area contributed by atoms with Gasteiger partial charge in [-0.3, -0.25) is 9.78 Å². The van der Waals surface area contributed by atoms with Gasteiger partial charge in [0.15, 0.2) is 0 Å². The molecule has 2 heterocycles. The largest absolute Gasteiger partial charge is 0.339 e. The van der Waals surface area contributed by atoms with Crippen molar-refractivity contribution in [1.29, 1.82) is 0 Å². The fraction of sp³-hybridized carbons (Fsp3) is 0.474. The van der Waals surface area contributed by atoms with Gasteiger partial charge in [0.2, 0.25) is 0 Å². The van der Waals surface area contributed by atoms with Gasteiger partial charge in [-0.15, -0.1) is 24.8 Å². The highest BCUT2D eigenvalue weighted by Crippen LogP contribution is 2.28. The molecular weight excluding hydrogens is 357 g/mol. The number of aromatic nitrogens is 1. The van der Waals surface area contributed by atoms with Gasteiger partial charge in [-0.05, 0) is 62.4 Å². The Balaban J connectivity index is 0.00000113. The van der Waals surface area contributed by atoms with E-state index in [1.165, 1.54) is 12.8 Å². The Kier molecular flexibility index (Phi) is 7.05. The van der Waals surface area contributed by atoms with E-state index in [4.69, 9.17) is 0 Å². The lowest BCUT2D eigenvalue weighted by Gasteiger charge is -2.32. The summed E-state index contributed by atoms with van der Waals surface area (Å²) in [7, 11) is 0. The van der Waals surface area contributed by atoms with Crippen LogP contribution in [-0.4, -0.2) is 41.5 Å². The zero-order chi connectivity index (χ0) is 15.6. The summed E-state index contributed by atoms with van der Waals surface area (Å²) < 4.78 is 0. The molecule has 0 spiro atoms. The average molecular weight is 382 g/mol. The molecule has 1 saturated heterocycles. The Morgan fingerprint density at radius 2 is 1.88 bits per heavy atom. The zero-order valence-electron chi connectivity index (χ0n) is 14.2. The molecule has 4 rings (SSSR count). The lowest BCUT2D eigenvalue weighted by molar-refractivity contribution is 0.0705. The number of nitrogens with zero attached hydrogens (tertiary/aromatic N) is 2. The predicted molar refractivity (Wildman–Crippen MR) is 106 cm³/mol. The Morgan fingerprint density at radius 3 is 2.60 bits per heavy atom. The van der Waals surface area contributed by atoms with Crippen molar-refractivity contribution in [2.45, 2.75) is 31.7 Å². The molecule has 25 heavy (non-hydrogen) atoms. The maximum Gasteiger partial charge on any atom is 0.253 e. The normalized spacial score (nSPS) is 17.7. The van der Waals surface area contributed by atoms with E-state index in [1.807, 2.05) is 35.2 Å². The van der Waals surface area contributed by atoms with E-state index in [0.717, 1.165) is 54.9 Å². The van der Waals surface area contributed by atoms with Crippen molar-refractivity contribution in [1.82, 2.24) is 15.2 Å². The minimum Gasteiger partial charge on any atom is -0.339 e. The number of pyridine rings is 1. The summed E-state index contributed by atoms with van der Waals surface area (Å²) in [5.41, 5.74) is 1.71. The second-order valence-electron chi connectivity index (χ2n) is 6.83. The number of rotatable bonds is 4. The van der Waals surface area contributed by atoms with Crippen LogP contribution >= 0.6 is 24.8 Å². The Labute approximate surface area is 161 Å². The number of amides is 1. The standard InChI is InChI=1S/C19H23N3O.2ClH/c23-19(16-5-6-18-15(12-16)2-1-9-20-18)22-10-7-17(8-11-22)21-13-14-3-4-14;;/h1-2,5-6,9,12,14,17,21H,3-4,7-8,10-11,13H2;2*1H. The number of piperidine rings is 1. The molecule has 1 saturated carbocycles. The van der Waals surface area contributed by atoms with E-state index in [9.17, 15) is 4.79 Å². The highest BCUT2D eigenvalue weighted by atomic mass is 35.5. The molecule has 136 valence electrons. The van der Waals surface area contributed by atoms with Crippen LogP contribution in [0, 0.1) is 5.92 Å². The summed E-state index contributed by atoms with van der Waals surface area (Å²) in [6, 6.07) is 10.3. The van der Waals surface area contributed by atoms with Crippen LogP contribution in [0.2, 0.25) is 0 Å². The van der Waals surface area contributed by atoms with Crippen LogP contribution in [0.25, 0.3) is 10.9 Å². The number of hydrogen-bond acceptors (Lipinski definition) is 3. The van der Waals surface area contributed by atoms with Crippen molar-refractivity contribution in [3.05, 3.63) is 42.1 Å². The molecule has 2 aliphatic rings. The molecule has 0 bridgehead atoms. The lowest BCUT2D eigenvalue weighted by Crippen LogP contribution is -2.45. The monoisotopic (exact) mass is 381 g/mol. The Morgan fingerprint density at radius 1 is 1.12 bits per heavy atom. The smallest absolute Gasteiger partial charge is 0.253 e. The van der Waals surface area contributed by atoms with Crippen molar-refractivity contribution in [3.63, 3.8) is 0 Å². The van der Waals surface area contributed by atoms with Crippen LogP contribution in [0.4, 0.5) is 0 Å². The van der Waals surface area contributed by atoms with Crippen molar-refractivity contribution >= 4 is 41.6 Å². The summed E-state index contributed by atoms with van der Waals surface area (Å²) in [6.45, 7) is 2.87. The van der Waals surface area contributed by atoms with Crippen LogP contribution in [0.1, 0.15) is 36.0 Å². The Hall–Kier alpha value is -1.36. The maximum absolute atomic E-state index is 12.7. The number of halogens is 2. The summed E-state index contributed by atoms with van der Waals surface area (Å²) in [6.07, 6.45) is 6.69. The molecule has 1 aromatic carbocycles. The number of hydrogen-bond donors (Lipinski definition) is 1. The summed E-state index contributed by atoms with van der Waals surface area (Å²) in [4.78, 5) is 19.0. The molecule has 1 aliphatic carbocycles. The van der Waals surface area contributed by atoms with Crippen molar-refractivity contribution < 1.29 is 4.79 Å². The third-order valence-electron chi connectivity index (χ3n) is 5.02. The van der Waals surface area contributed by atoms with Gasteiger partial charge in [0.25, 0.3) is 5.91 Å². The van der Waals surface area contributed by atoms with Crippen molar-refractivity contribution in [2.75, 3.05) is 19.6 Å². The quantitative estimate of drug-likeness (QED) is 0.878. The highest BCUT2D eigenvalue weighted by molar-refractivity contribution is 5.98. The number of benzene rings is 1. The van der Waals surface area contributed by atoms with Gasteiger partial charge in [-0.25, -0.2) is 0 Å². The van der Waals surface area contributed by atoms with Crippen molar-refractivity contribution in [2.24, 2.45) is 5.92 Å². The summed E-state index contributed by atoms with van der Waals surface area (Å²) in [5.74, 6) is 1.07. The number of carbonyl (C=O) groups is 1. The second-order valence-corrected chi connectivity index (χ2v) is 6.83. The third-order valence-corrected chi connectivity index (χ3v) is 5.02. The number of carbonyl (C=O) groups excluding carboxylic acids is 1. The molecule has 0 atom stereocenters. The van der Waals surface area contributed by atoms with Crippen LogP contribution in [0.5, 0.6) is 0 Å². The third kappa shape index (κ3) is 4.84. The van der Waals surface area contributed by atoms with Gasteiger partial charge in [0.1, 0.15) is 0 Å². The highest BCUT2D eigenvalue weighted by Gasteiger charge is 2.26. The number of likely N-dealkylation sites (tertiary alicyclic amines) is 1. The van der Waals surface area contributed by atoms with Gasteiger partial charge in [0, 0.05) is 36.3 Å². The van der Waals surface area contributed by atoms with E-state index < -0.39 is 0 Å². The lowest BCUT2D eigenvalue weighted by atomic mass is 10.0. The fourth-order valence-corrected chi connectivity index (χ4v) is 3.33. The first-order valence-corrected chi connectivity index (χ1v) is 8.67. The van der Waals surface area contributed by atoms with Crippen LogP contribution < -0.4 is 5.32 Å². The van der Waals surface area contributed by atoms with E-state index in [-0.39, 0.29) is 30.7 Å². The van der Waals surface area contributed by atoms with Crippen molar-refractivity contribution in [3.8, 4) is 0 Å². The minimum atomic E-state index is 0. The molecule has 0 radical (unpaired) electrons. The van der Waals surface area contributed by atoms with E-state index >= 15 is 0 Å². The van der Waals surface area contributed by atoms with E-state index in [2.05, 4.69) is 10.3 Å². The fourth-order valence-electron chi connectivity index (χ4n) is 3.33. The maximum atomic E-state index is 12.7. The summed E-state index contributed by atoms with van der Waals surface area (Å²) in [5, 5.41) is 4.69. The first-order valence-electron chi connectivity index (χ1n) is 8.67. The first-order chi connectivity index (χ1) is 11.3.